The van der Waals surface area contributed by atoms with Crippen LogP contribution in [0.3, 0.4) is 0 Å². The third-order valence-corrected chi connectivity index (χ3v) is 2.71. The molecule has 1 atom stereocenters. The van der Waals surface area contributed by atoms with Crippen molar-refractivity contribution in [3.63, 3.8) is 0 Å². The number of nitrogens with one attached hydrogen (secondary N) is 1. The van der Waals surface area contributed by atoms with Crippen molar-refractivity contribution in [2.24, 2.45) is 5.73 Å². The van der Waals surface area contributed by atoms with Gasteiger partial charge in [0.15, 0.2) is 0 Å². The average molecular weight is 201 g/mol. The number of hydrogen-bond donors (Lipinski definition) is 2. The number of amides is 2. The first-order valence-electron chi connectivity index (χ1n) is 5.22. The Bertz CT molecular complexity index is 184. The van der Waals surface area contributed by atoms with Crippen LogP contribution in [-0.2, 0) is 0 Å². The third-order valence-electron chi connectivity index (χ3n) is 2.71. The molecule has 1 unspecified atom stereocenters. The number of urea groups is 1. The number of hydrogen-bond acceptors (Lipinski definition) is 2. The van der Waals surface area contributed by atoms with E-state index in [9.17, 15) is 4.79 Å². The Morgan fingerprint density at radius 1 is 1.50 bits per heavy atom. The van der Waals surface area contributed by atoms with Crippen LogP contribution >= 0.6 is 0 Å². The molecule has 0 aromatic heterocycles. The Labute approximate surface area is 86.8 Å². The minimum absolute atomic E-state index is 0.0229. The monoisotopic (exact) mass is 201 g/mol. The summed E-state index contributed by atoms with van der Waals surface area (Å²) in [6, 6.07) is -0.0229. The zero-order chi connectivity index (χ0) is 11.2. The van der Waals surface area contributed by atoms with E-state index >= 15 is 0 Å². The molecule has 0 aromatic carbocycles. The van der Waals surface area contributed by atoms with E-state index in [0.29, 0.717) is 13.1 Å². The van der Waals surface area contributed by atoms with Crippen LogP contribution < -0.4 is 11.1 Å². The van der Waals surface area contributed by atoms with Crippen LogP contribution in [0.25, 0.3) is 0 Å². The van der Waals surface area contributed by atoms with Gasteiger partial charge in [0.25, 0.3) is 0 Å². The molecule has 0 saturated carbocycles. The van der Waals surface area contributed by atoms with Gasteiger partial charge in [-0.15, -0.1) is 0 Å². The van der Waals surface area contributed by atoms with E-state index in [4.69, 9.17) is 5.73 Å². The Kier molecular flexibility index (Phi) is 5.53. The van der Waals surface area contributed by atoms with Crippen molar-refractivity contribution in [2.45, 2.75) is 39.2 Å². The molecule has 84 valence electrons. The highest BCUT2D eigenvalue weighted by molar-refractivity contribution is 5.74. The van der Waals surface area contributed by atoms with Crippen molar-refractivity contribution in [2.75, 3.05) is 20.1 Å². The fraction of sp³-hybridized carbons (Fsp3) is 0.900. The molecule has 2 amide bonds. The number of carbonyl (C=O) groups excluding carboxylic acids is 1. The predicted octanol–water partition coefficient (Wildman–Crippen LogP) is 1.17. The molecule has 0 fully saturated rings. The molecule has 0 aliphatic rings. The SMILES string of the molecule is CCN(C)C(=O)NC(C)(CC)CCN. The Balaban J connectivity index is 4.23. The summed E-state index contributed by atoms with van der Waals surface area (Å²) in [5.74, 6) is 0. The average Bonchev–Trinajstić information content (AvgIpc) is 2.16. The maximum atomic E-state index is 11.6. The van der Waals surface area contributed by atoms with Gasteiger partial charge in [0.1, 0.15) is 0 Å². The van der Waals surface area contributed by atoms with E-state index in [2.05, 4.69) is 12.2 Å². The molecule has 14 heavy (non-hydrogen) atoms. The first kappa shape index (κ1) is 13.2. The number of carbonyl (C=O) groups is 1. The van der Waals surface area contributed by atoms with Crippen molar-refractivity contribution in [1.82, 2.24) is 10.2 Å². The van der Waals surface area contributed by atoms with Gasteiger partial charge in [-0.1, -0.05) is 6.92 Å². The molecular weight excluding hydrogens is 178 g/mol. The molecule has 0 heterocycles. The van der Waals surface area contributed by atoms with Gasteiger partial charge in [0, 0.05) is 19.1 Å². The molecule has 0 spiro atoms. The second-order valence-corrected chi connectivity index (χ2v) is 3.90. The van der Waals surface area contributed by atoms with Gasteiger partial charge in [-0.3, -0.25) is 0 Å². The summed E-state index contributed by atoms with van der Waals surface area (Å²) in [5.41, 5.74) is 5.34. The van der Waals surface area contributed by atoms with E-state index < -0.39 is 0 Å². The molecule has 0 aliphatic heterocycles. The number of nitrogens with two attached hydrogens (primary N) is 1. The lowest BCUT2D eigenvalue weighted by molar-refractivity contribution is 0.194. The third kappa shape index (κ3) is 3.96. The van der Waals surface area contributed by atoms with Crippen LogP contribution in [-0.4, -0.2) is 36.6 Å². The molecular formula is C10H23N3O. The molecule has 0 aliphatic carbocycles. The number of rotatable bonds is 5. The van der Waals surface area contributed by atoms with Gasteiger partial charge < -0.3 is 16.0 Å². The number of nitrogens with zero attached hydrogens (tertiary/aromatic N) is 1. The molecule has 0 rings (SSSR count). The summed E-state index contributed by atoms with van der Waals surface area (Å²) in [6.07, 6.45) is 1.71. The van der Waals surface area contributed by atoms with Gasteiger partial charge in [-0.2, -0.15) is 0 Å². The van der Waals surface area contributed by atoms with Gasteiger partial charge in [0.2, 0.25) is 0 Å². The van der Waals surface area contributed by atoms with E-state index in [1.54, 1.807) is 11.9 Å². The Hall–Kier alpha value is -0.770. The van der Waals surface area contributed by atoms with Crippen molar-refractivity contribution in [3.05, 3.63) is 0 Å². The van der Waals surface area contributed by atoms with Crippen molar-refractivity contribution in [1.29, 1.82) is 0 Å². The zero-order valence-electron chi connectivity index (χ0n) is 9.76. The lowest BCUT2D eigenvalue weighted by atomic mass is 9.95. The molecule has 4 nitrogen and oxygen atoms in total. The highest BCUT2D eigenvalue weighted by Crippen LogP contribution is 2.13. The van der Waals surface area contributed by atoms with Crippen LogP contribution in [0.15, 0.2) is 0 Å². The Morgan fingerprint density at radius 2 is 2.07 bits per heavy atom. The summed E-state index contributed by atoms with van der Waals surface area (Å²) in [4.78, 5) is 13.3. The largest absolute Gasteiger partial charge is 0.333 e. The van der Waals surface area contributed by atoms with Crippen molar-refractivity contribution >= 4 is 6.03 Å². The second-order valence-electron chi connectivity index (χ2n) is 3.90. The summed E-state index contributed by atoms with van der Waals surface area (Å²) in [7, 11) is 1.79. The van der Waals surface area contributed by atoms with E-state index in [1.165, 1.54) is 0 Å². The van der Waals surface area contributed by atoms with E-state index in [0.717, 1.165) is 12.8 Å². The first-order chi connectivity index (χ1) is 6.49. The molecule has 3 N–H and O–H groups in total. The smallest absolute Gasteiger partial charge is 0.317 e. The summed E-state index contributed by atoms with van der Waals surface area (Å²) in [6.45, 7) is 7.35. The maximum Gasteiger partial charge on any atom is 0.317 e. The van der Waals surface area contributed by atoms with Crippen LogP contribution in [0, 0.1) is 0 Å². The van der Waals surface area contributed by atoms with E-state index in [-0.39, 0.29) is 11.6 Å². The quantitative estimate of drug-likeness (QED) is 0.701. The second kappa shape index (κ2) is 5.86. The zero-order valence-corrected chi connectivity index (χ0v) is 9.76. The topological polar surface area (TPSA) is 58.4 Å². The Morgan fingerprint density at radius 3 is 2.43 bits per heavy atom. The molecule has 0 saturated heterocycles. The van der Waals surface area contributed by atoms with Crippen LogP contribution in [0.1, 0.15) is 33.6 Å². The molecule has 0 bridgehead atoms. The summed E-state index contributed by atoms with van der Waals surface area (Å²) >= 11 is 0. The van der Waals surface area contributed by atoms with Crippen molar-refractivity contribution < 1.29 is 4.79 Å². The molecule has 4 heteroatoms. The van der Waals surface area contributed by atoms with Crippen molar-refractivity contribution in [3.8, 4) is 0 Å². The van der Waals surface area contributed by atoms with Gasteiger partial charge in [-0.05, 0) is 33.2 Å². The maximum absolute atomic E-state index is 11.6. The summed E-state index contributed by atoms with van der Waals surface area (Å²) < 4.78 is 0. The standard InChI is InChI=1S/C10H23N3O/c1-5-10(3,7-8-11)12-9(14)13(4)6-2/h5-8,11H2,1-4H3,(H,12,14). The predicted molar refractivity (Wildman–Crippen MR) is 59.2 cm³/mol. The van der Waals surface area contributed by atoms with Crippen LogP contribution in [0.5, 0.6) is 0 Å². The van der Waals surface area contributed by atoms with Gasteiger partial charge in [-0.25, -0.2) is 4.79 Å². The fourth-order valence-corrected chi connectivity index (χ4v) is 1.14. The van der Waals surface area contributed by atoms with E-state index in [1.807, 2.05) is 13.8 Å². The minimum atomic E-state index is -0.171. The minimum Gasteiger partial charge on any atom is -0.333 e. The van der Waals surface area contributed by atoms with Gasteiger partial charge in [0.05, 0.1) is 0 Å². The summed E-state index contributed by atoms with van der Waals surface area (Å²) in [5, 5.41) is 3.00. The lowest BCUT2D eigenvalue weighted by Gasteiger charge is -2.31. The highest BCUT2D eigenvalue weighted by atomic mass is 16.2. The first-order valence-corrected chi connectivity index (χ1v) is 5.22. The molecule has 0 radical (unpaired) electrons. The lowest BCUT2D eigenvalue weighted by Crippen LogP contribution is -2.51. The van der Waals surface area contributed by atoms with Crippen LogP contribution in [0.4, 0.5) is 4.79 Å². The fourth-order valence-electron chi connectivity index (χ4n) is 1.14. The molecule has 0 aromatic rings. The van der Waals surface area contributed by atoms with Gasteiger partial charge >= 0.3 is 6.03 Å². The van der Waals surface area contributed by atoms with Crippen LogP contribution in [0.2, 0.25) is 0 Å². The highest BCUT2D eigenvalue weighted by Gasteiger charge is 2.24. The normalized spacial score (nSPS) is 14.6.